The molecule has 2 aliphatic heterocycles. The van der Waals surface area contributed by atoms with Crippen LogP contribution in [-0.2, 0) is 6.54 Å². The van der Waals surface area contributed by atoms with E-state index in [-0.39, 0.29) is 12.4 Å². The first-order valence-electron chi connectivity index (χ1n) is 7.63. The van der Waals surface area contributed by atoms with Crippen molar-refractivity contribution >= 4 is 28.9 Å². The lowest BCUT2D eigenvalue weighted by Crippen LogP contribution is -2.22. The van der Waals surface area contributed by atoms with Gasteiger partial charge in [-0.3, -0.25) is 4.90 Å². The van der Waals surface area contributed by atoms with Crippen LogP contribution in [0.25, 0.3) is 0 Å². The van der Waals surface area contributed by atoms with Crippen LogP contribution in [0.4, 0.5) is 5.13 Å². The van der Waals surface area contributed by atoms with Gasteiger partial charge in [0, 0.05) is 23.7 Å². The van der Waals surface area contributed by atoms with Gasteiger partial charge < -0.3 is 15.2 Å². The Kier molecular flexibility index (Phi) is 4.94. The number of benzene rings is 1. The van der Waals surface area contributed by atoms with Gasteiger partial charge in [0.1, 0.15) is 13.2 Å². The highest BCUT2D eigenvalue weighted by Crippen LogP contribution is 2.38. The van der Waals surface area contributed by atoms with Crippen molar-refractivity contribution in [2.75, 3.05) is 25.5 Å². The summed E-state index contributed by atoms with van der Waals surface area (Å²) in [5.74, 6) is 1.73. The summed E-state index contributed by atoms with van der Waals surface area (Å²) < 4.78 is 11.3. The van der Waals surface area contributed by atoms with E-state index in [0.29, 0.717) is 24.4 Å². The maximum absolute atomic E-state index is 5.73. The SMILES string of the molecule is Cl.Nc1ncc(CN2CCCC2c2ccc3c(c2)OCCO3)s1. The number of nitrogens with zero attached hydrogens (tertiary/aromatic N) is 2. The Labute approximate surface area is 145 Å². The molecular weight excluding hydrogens is 334 g/mol. The van der Waals surface area contributed by atoms with Gasteiger partial charge in [0.25, 0.3) is 0 Å². The van der Waals surface area contributed by atoms with Crippen LogP contribution < -0.4 is 15.2 Å². The second kappa shape index (κ2) is 6.95. The zero-order valence-electron chi connectivity index (χ0n) is 12.7. The summed E-state index contributed by atoms with van der Waals surface area (Å²) in [7, 11) is 0. The lowest BCUT2D eigenvalue weighted by Gasteiger charge is -2.26. The predicted molar refractivity (Wildman–Crippen MR) is 93.6 cm³/mol. The molecule has 1 atom stereocenters. The fourth-order valence-corrected chi connectivity index (χ4v) is 3.97. The molecule has 4 rings (SSSR count). The first kappa shape index (κ1) is 16.4. The number of aromatic nitrogens is 1. The molecule has 5 nitrogen and oxygen atoms in total. The molecule has 0 saturated carbocycles. The lowest BCUT2D eigenvalue weighted by molar-refractivity contribution is 0.170. The molecule has 1 fully saturated rings. The molecule has 7 heteroatoms. The topological polar surface area (TPSA) is 60.6 Å². The number of thiazole rings is 1. The Morgan fingerprint density at radius 2 is 2.09 bits per heavy atom. The van der Waals surface area contributed by atoms with Crippen molar-refractivity contribution in [2.45, 2.75) is 25.4 Å². The number of hydrogen-bond acceptors (Lipinski definition) is 6. The summed E-state index contributed by atoms with van der Waals surface area (Å²) in [6.07, 6.45) is 4.28. The zero-order chi connectivity index (χ0) is 14.9. The summed E-state index contributed by atoms with van der Waals surface area (Å²) in [4.78, 5) is 7.87. The Balaban J connectivity index is 0.00000156. The van der Waals surface area contributed by atoms with Crippen LogP contribution in [-0.4, -0.2) is 29.6 Å². The van der Waals surface area contributed by atoms with Crippen LogP contribution in [0.2, 0.25) is 0 Å². The van der Waals surface area contributed by atoms with Crippen LogP contribution in [0.3, 0.4) is 0 Å². The Bertz CT molecular complexity index is 679. The maximum atomic E-state index is 5.73. The van der Waals surface area contributed by atoms with E-state index in [1.54, 1.807) is 11.3 Å². The maximum Gasteiger partial charge on any atom is 0.180 e. The molecule has 2 aromatic rings. The first-order chi connectivity index (χ1) is 10.8. The summed E-state index contributed by atoms with van der Waals surface area (Å²) in [6.45, 7) is 3.28. The quantitative estimate of drug-likeness (QED) is 0.917. The van der Waals surface area contributed by atoms with Crippen LogP contribution in [0.1, 0.15) is 29.3 Å². The molecule has 124 valence electrons. The van der Waals surface area contributed by atoms with Crippen molar-refractivity contribution in [2.24, 2.45) is 0 Å². The molecule has 0 spiro atoms. The van der Waals surface area contributed by atoms with Gasteiger partial charge in [-0.1, -0.05) is 6.07 Å². The molecule has 3 heterocycles. The third-order valence-corrected chi connectivity index (χ3v) is 5.06. The second-order valence-electron chi connectivity index (χ2n) is 5.70. The van der Waals surface area contributed by atoms with Gasteiger partial charge in [0.05, 0.1) is 0 Å². The Morgan fingerprint density at radius 3 is 2.87 bits per heavy atom. The summed E-state index contributed by atoms with van der Waals surface area (Å²) in [5, 5.41) is 0.644. The number of likely N-dealkylation sites (tertiary alicyclic amines) is 1. The highest BCUT2D eigenvalue weighted by molar-refractivity contribution is 7.15. The molecular formula is C16H20ClN3O2S. The van der Waals surface area contributed by atoms with Gasteiger partial charge in [-0.25, -0.2) is 4.98 Å². The van der Waals surface area contributed by atoms with E-state index in [0.717, 1.165) is 24.6 Å². The predicted octanol–water partition coefficient (Wildman–Crippen LogP) is 3.26. The summed E-state index contributed by atoms with van der Waals surface area (Å²) in [6, 6.07) is 6.76. The van der Waals surface area contributed by atoms with E-state index in [9.17, 15) is 0 Å². The number of halogens is 1. The van der Waals surface area contributed by atoms with Crippen LogP contribution >= 0.6 is 23.7 Å². The van der Waals surface area contributed by atoms with Gasteiger partial charge in [-0.2, -0.15) is 0 Å². The normalized spacial score (nSPS) is 20.3. The molecule has 0 bridgehead atoms. The van der Waals surface area contributed by atoms with Crippen molar-refractivity contribution in [3.05, 3.63) is 34.8 Å². The third-order valence-electron chi connectivity index (χ3n) is 4.25. The number of hydrogen-bond donors (Lipinski definition) is 1. The average Bonchev–Trinajstić information content (AvgIpc) is 3.16. The average molecular weight is 354 g/mol. The van der Waals surface area contributed by atoms with Crippen LogP contribution in [0, 0.1) is 0 Å². The van der Waals surface area contributed by atoms with E-state index in [2.05, 4.69) is 22.0 Å². The molecule has 1 saturated heterocycles. The highest BCUT2D eigenvalue weighted by Gasteiger charge is 2.27. The number of ether oxygens (including phenoxy) is 2. The molecule has 0 aliphatic carbocycles. The van der Waals surface area contributed by atoms with Gasteiger partial charge in [-0.05, 0) is 37.1 Å². The van der Waals surface area contributed by atoms with E-state index in [4.69, 9.17) is 15.2 Å². The van der Waals surface area contributed by atoms with Gasteiger partial charge >= 0.3 is 0 Å². The van der Waals surface area contributed by atoms with Crippen molar-refractivity contribution in [1.29, 1.82) is 0 Å². The Morgan fingerprint density at radius 1 is 1.26 bits per heavy atom. The number of nitrogen functional groups attached to an aromatic ring is 1. The smallest absolute Gasteiger partial charge is 0.180 e. The van der Waals surface area contributed by atoms with E-state index >= 15 is 0 Å². The van der Waals surface area contributed by atoms with Crippen molar-refractivity contribution in [1.82, 2.24) is 9.88 Å². The standard InChI is InChI=1S/C16H19N3O2S.ClH/c17-16-18-9-12(22-16)10-19-5-1-2-13(19)11-3-4-14-15(8-11)21-7-6-20-14;/h3-4,8-9,13H,1-2,5-7,10H2,(H2,17,18);1H. The monoisotopic (exact) mass is 353 g/mol. The van der Waals surface area contributed by atoms with Crippen molar-refractivity contribution in [3.63, 3.8) is 0 Å². The number of rotatable bonds is 3. The molecule has 2 N–H and O–H groups in total. The molecule has 0 radical (unpaired) electrons. The lowest BCUT2D eigenvalue weighted by atomic mass is 10.0. The highest BCUT2D eigenvalue weighted by atomic mass is 35.5. The van der Waals surface area contributed by atoms with Gasteiger partial charge in [0.15, 0.2) is 16.6 Å². The zero-order valence-corrected chi connectivity index (χ0v) is 14.4. The minimum atomic E-state index is 0. The molecule has 0 amide bonds. The van der Waals surface area contributed by atoms with Gasteiger partial charge in [0.2, 0.25) is 0 Å². The van der Waals surface area contributed by atoms with E-state index in [1.165, 1.54) is 23.3 Å². The molecule has 1 aromatic carbocycles. The van der Waals surface area contributed by atoms with Gasteiger partial charge in [-0.15, -0.1) is 23.7 Å². The second-order valence-corrected chi connectivity index (χ2v) is 6.84. The Hall–Kier alpha value is -1.50. The molecule has 2 aliphatic rings. The third kappa shape index (κ3) is 3.39. The van der Waals surface area contributed by atoms with E-state index in [1.807, 2.05) is 12.3 Å². The van der Waals surface area contributed by atoms with Crippen molar-refractivity contribution < 1.29 is 9.47 Å². The fraction of sp³-hybridized carbons (Fsp3) is 0.438. The summed E-state index contributed by atoms with van der Waals surface area (Å²) in [5.41, 5.74) is 7.04. The largest absolute Gasteiger partial charge is 0.486 e. The van der Waals surface area contributed by atoms with Crippen molar-refractivity contribution in [3.8, 4) is 11.5 Å². The molecule has 23 heavy (non-hydrogen) atoms. The first-order valence-corrected chi connectivity index (χ1v) is 8.45. The molecule has 1 unspecified atom stereocenters. The van der Waals surface area contributed by atoms with E-state index < -0.39 is 0 Å². The van der Waals surface area contributed by atoms with Crippen LogP contribution in [0.5, 0.6) is 11.5 Å². The summed E-state index contributed by atoms with van der Waals surface area (Å²) >= 11 is 1.57. The number of anilines is 1. The number of nitrogens with two attached hydrogens (primary N) is 1. The number of fused-ring (bicyclic) bond motifs is 1. The van der Waals surface area contributed by atoms with Crippen LogP contribution in [0.15, 0.2) is 24.4 Å². The fourth-order valence-electron chi connectivity index (χ4n) is 3.26. The minimum absolute atomic E-state index is 0. The minimum Gasteiger partial charge on any atom is -0.486 e. The molecule has 1 aromatic heterocycles.